The summed E-state index contributed by atoms with van der Waals surface area (Å²) in [4.78, 5) is 20.7. The second kappa shape index (κ2) is 9.68. The summed E-state index contributed by atoms with van der Waals surface area (Å²) < 4.78 is 14.1. The van der Waals surface area contributed by atoms with Crippen LogP contribution in [0, 0.1) is 5.95 Å². The van der Waals surface area contributed by atoms with Crippen LogP contribution in [0.15, 0.2) is 70.7 Å². The van der Waals surface area contributed by atoms with Crippen LogP contribution in [0.25, 0.3) is 11.1 Å². The molecular weight excluding hydrogens is 363 g/mol. The van der Waals surface area contributed by atoms with Crippen molar-refractivity contribution in [1.82, 2.24) is 9.88 Å². The normalized spacial score (nSPS) is 13.6. The van der Waals surface area contributed by atoms with Gasteiger partial charge in [0.25, 0.3) is 0 Å². The Bertz CT molecular complexity index is 893. The van der Waals surface area contributed by atoms with Crippen molar-refractivity contribution in [1.29, 1.82) is 0 Å². The number of carbonyl (C=O) groups excluding carboxylic acids is 1. The van der Waals surface area contributed by atoms with Crippen LogP contribution < -0.4 is 5.73 Å². The van der Waals surface area contributed by atoms with Crippen molar-refractivity contribution in [3.63, 3.8) is 0 Å². The van der Waals surface area contributed by atoms with Crippen LogP contribution in [-0.4, -0.2) is 36.2 Å². The van der Waals surface area contributed by atoms with Crippen molar-refractivity contribution in [2.45, 2.75) is 6.04 Å². The van der Waals surface area contributed by atoms with E-state index in [0.717, 1.165) is 5.56 Å². The number of allylic oxidation sites excluding steroid dienone is 1. The molecule has 27 heavy (non-hydrogen) atoms. The van der Waals surface area contributed by atoms with E-state index in [1.54, 1.807) is 48.7 Å². The van der Waals surface area contributed by atoms with Gasteiger partial charge >= 0.3 is 0 Å². The van der Waals surface area contributed by atoms with Gasteiger partial charge in [-0.25, -0.2) is 9.98 Å². The second-order valence-electron chi connectivity index (χ2n) is 5.88. The van der Waals surface area contributed by atoms with Crippen molar-refractivity contribution in [3.8, 4) is 11.1 Å². The van der Waals surface area contributed by atoms with Gasteiger partial charge in [0, 0.05) is 25.9 Å². The molecular formula is C20H21FN4OS. The molecule has 2 N–H and O–H groups in total. The number of hydrogen-bond acceptors (Lipinski definition) is 4. The minimum atomic E-state index is -0.548. The Morgan fingerprint density at radius 2 is 2.11 bits per heavy atom. The molecule has 0 aliphatic heterocycles. The van der Waals surface area contributed by atoms with Crippen LogP contribution in [-0.2, 0) is 4.79 Å². The van der Waals surface area contributed by atoms with Crippen molar-refractivity contribution < 1.29 is 9.18 Å². The average Bonchev–Trinajstić information content (AvgIpc) is 2.67. The maximum atomic E-state index is 14.1. The first-order valence-electron chi connectivity index (χ1n) is 8.15. The Morgan fingerprint density at radius 3 is 2.74 bits per heavy atom. The molecule has 0 spiro atoms. The Kier molecular flexibility index (Phi) is 7.31. The molecule has 2 rings (SSSR count). The SMILES string of the molecule is CN(C)C(N)=NC(C(/C=C/C=O)=C/S)c1cccc(-c2cccnc2F)c1. The van der Waals surface area contributed by atoms with Crippen LogP contribution in [0.4, 0.5) is 4.39 Å². The third-order valence-corrected chi connectivity index (χ3v) is 4.12. The molecule has 0 aliphatic rings. The standard InChI is InChI=1S/C20H21FN4OS/c1-25(2)20(22)24-18(16(13-27)8-5-11-26)15-7-3-6-14(12-15)17-9-4-10-23-19(17)21/h3-13,18,27H,1-2H3,(H2,22,24)/b8-5+,16-13+. The zero-order valence-corrected chi connectivity index (χ0v) is 16.0. The summed E-state index contributed by atoms with van der Waals surface area (Å²) in [6.07, 6.45) is 5.06. The van der Waals surface area contributed by atoms with E-state index in [1.807, 2.05) is 18.2 Å². The van der Waals surface area contributed by atoms with Gasteiger partial charge in [-0.05, 0) is 46.4 Å². The number of rotatable bonds is 6. The van der Waals surface area contributed by atoms with Gasteiger partial charge in [0.2, 0.25) is 5.95 Å². The van der Waals surface area contributed by atoms with Crippen LogP contribution in [0.5, 0.6) is 0 Å². The van der Waals surface area contributed by atoms with Crippen molar-refractivity contribution in [2.75, 3.05) is 14.1 Å². The number of nitrogens with zero attached hydrogens (tertiary/aromatic N) is 3. The van der Waals surface area contributed by atoms with E-state index in [4.69, 9.17) is 5.73 Å². The zero-order chi connectivity index (χ0) is 19.8. The third-order valence-electron chi connectivity index (χ3n) is 3.82. The fraction of sp³-hybridized carbons (Fsp3) is 0.150. The van der Waals surface area contributed by atoms with Crippen molar-refractivity contribution in [3.05, 3.63) is 77.2 Å². The quantitative estimate of drug-likeness (QED) is 0.152. The van der Waals surface area contributed by atoms with Crippen LogP contribution in [0.3, 0.4) is 0 Å². The Morgan fingerprint density at radius 1 is 1.33 bits per heavy atom. The maximum Gasteiger partial charge on any atom is 0.220 e. The Hall–Kier alpha value is -2.93. The molecule has 0 bridgehead atoms. The highest BCUT2D eigenvalue weighted by Crippen LogP contribution is 2.31. The van der Waals surface area contributed by atoms with Crippen LogP contribution in [0.1, 0.15) is 11.6 Å². The van der Waals surface area contributed by atoms with Crippen LogP contribution >= 0.6 is 12.6 Å². The molecule has 0 aliphatic carbocycles. The minimum Gasteiger partial charge on any atom is -0.370 e. The van der Waals surface area contributed by atoms with Gasteiger partial charge in [-0.1, -0.05) is 24.3 Å². The molecule has 1 atom stereocenters. The number of aliphatic imine (C=N–C) groups is 1. The molecule has 5 nitrogen and oxygen atoms in total. The largest absolute Gasteiger partial charge is 0.370 e. The summed E-state index contributed by atoms with van der Waals surface area (Å²) in [6, 6.07) is 10.1. The first-order valence-corrected chi connectivity index (χ1v) is 8.67. The molecule has 0 saturated carbocycles. The summed E-state index contributed by atoms with van der Waals surface area (Å²) in [7, 11) is 3.56. The molecule has 1 aromatic carbocycles. The number of guanidine groups is 1. The number of aromatic nitrogens is 1. The Labute approximate surface area is 163 Å². The molecule has 1 aromatic heterocycles. The predicted molar refractivity (Wildman–Crippen MR) is 110 cm³/mol. The number of halogens is 1. The highest BCUT2D eigenvalue weighted by atomic mass is 32.1. The summed E-state index contributed by atoms with van der Waals surface area (Å²) in [5.41, 5.74) is 8.51. The topological polar surface area (TPSA) is 71.6 Å². The molecule has 1 heterocycles. The number of nitrogens with two attached hydrogens (primary N) is 1. The number of benzene rings is 1. The van der Waals surface area contributed by atoms with Crippen molar-refractivity contribution in [2.24, 2.45) is 10.7 Å². The predicted octanol–water partition coefficient (Wildman–Crippen LogP) is 3.37. The van der Waals surface area contributed by atoms with E-state index < -0.39 is 12.0 Å². The van der Waals surface area contributed by atoms with Gasteiger partial charge < -0.3 is 10.6 Å². The number of aldehydes is 1. The fourth-order valence-corrected chi connectivity index (χ4v) is 2.65. The average molecular weight is 384 g/mol. The molecule has 0 amide bonds. The molecule has 0 fully saturated rings. The first kappa shape index (κ1) is 20.4. The van der Waals surface area contributed by atoms with Gasteiger partial charge in [0.1, 0.15) is 12.3 Å². The number of carbonyl (C=O) groups is 1. The molecule has 7 heteroatoms. The lowest BCUT2D eigenvalue weighted by atomic mass is 9.96. The van der Waals surface area contributed by atoms with Gasteiger partial charge in [0.15, 0.2) is 5.96 Å². The maximum absolute atomic E-state index is 14.1. The van der Waals surface area contributed by atoms with E-state index >= 15 is 0 Å². The smallest absolute Gasteiger partial charge is 0.220 e. The zero-order valence-electron chi connectivity index (χ0n) is 15.1. The lowest BCUT2D eigenvalue weighted by Gasteiger charge is -2.19. The molecule has 0 saturated heterocycles. The van der Waals surface area contributed by atoms with E-state index in [1.165, 1.54) is 12.3 Å². The number of pyridine rings is 1. The van der Waals surface area contributed by atoms with Gasteiger partial charge in [0.05, 0.1) is 0 Å². The fourth-order valence-electron chi connectivity index (χ4n) is 2.42. The van der Waals surface area contributed by atoms with Crippen molar-refractivity contribution >= 4 is 24.9 Å². The van der Waals surface area contributed by atoms with E-state index in [-0.39, 0.29) is 0 Å². The summed E-state index contributed by atoms with van der Waals surface area (Å²) in [5, 5.41) is 1.56. The van der Waals surface area contributed by atoms with Crippen LogP contribution in [0.2, 0.25) is 0 Å². The highest BCUT2D eigenvalue weighted by Gasteiger charge is 2.17. The number of thiol groups is 1. The summed E-state index contributed by atoms with van der Waals surface area (Å²) in [6.45, 7) is 0. The molecule has 0 radical (unpaired) electrons. The van der Waals surface area contributed by atoms with Gasteiger partial charge in [-0.2, -0.15) is 17.0 Å². The van der Waals surface area contributed by atoms with Gasteiger partial charge in [-0.3, -0.25) is 4.79 Å². The number of hydrogen-bond donors (Lipinski definition) is 2. The van der Waals surface area contributed by atoms with Gasteiger partial charge in [-0.15, -0.1) is 0 Å². The highest BCUT2D eigenvalue weighted by molar-refractivity contribution is 7.83. The molecule has 140 valence electrons. The summed E-state index contributed by atoms with van der Waals surface area (Å²) >= 11 is 4.24. The first-order chi connectivity index (χ1) is 13.0. The third kappa shape index (κ3) is 5.27. The van der Waals surface area contributed by atoms with E-state index in [2.05, 4.69) is 22.6 Å². The molecule has 1 unspecified atom stereocenters. The second-order valence-corrected chi connectivity index (χ2v) is 6.13. The van der Waals surface area contributed by atoms with E-state index in [0.29, 0.717) is 28.9 Å². The Balaban J connectivity index is 2.57. The van der Waals surface area contributed by atoms with E-state index in [9.17, 15) is 9.18 Å². The lowest BCUT2D eigenvalue weighted by Crippen LogP contribution is -2.31. The lowest BCUT2D eigenvalue weighted by molar-refractivity contribution is -0.104. The molecule has 2 aromatic rings. The summed E-state index contributed by atoms with van der Waals surface area (Å²) in [5.74, 6) is -0.238. The monoisotopic (exact) mass is 384 g/mol. The minimum absolute atomic E-state index is 0.310.